The number of rotatable bonds is 7. The Labute approximate surface area is 198 Å². The number of hydrogen-bond donors (Lipinski definition) is 1. The first-order valence-electron chi connectivity index (χ1n) is 11.1. The third-order valence-electron chi connectivity index (χ3n) is 5.99. The normalized spacial score (nSPS) is 15.2. The van der Waals surface area contributed by atoms with Gasteiger partial charge in [-0.3, -0.25) is 9.69 Å². The van der Waals surface area contributed by atoms with Crippen LogP contribution in [0.1, 0.15) is 36.7 Å². The number of halogens is 3. The van der Waals surface area contributed by atoms with Gasteiger partial charge < -0.3 is 19.7 Å². The molecule has 0 atom stereocenters. The maximum atomic E-state index is 13.3. The number of piperazine rings is 1. The van der Waals surface area contributed by atoms with E-state index in [1.165, 1.54) is 20.3 Å². The lowest BCUT2D eigenvalue weighted by molar-refractivity contribution is -0.0884. The molecule has 0 unspecified atom stereocenters. The van der Waals surface area contributed by atoms with E-state index in [9.17, 15) is 18.0 Å². The predicted molar refractivity (Wildman–Crippen MR) is 127 cm³/mol. The van der Waals surface area contributed by atoms with E-state index in [0.717, 1.165) is 37.4 Å². The number of alkyl halides is 3. The average molecular weight is 480 g/mol. The highest BCUT2D eigenvalue weighted by Gasteiger charge is 2.40. The molecule has 34 heavy (non-hydrogen) atoms. The predicted octanol–water partition coefficient (Wildman–Crippen LogP) is 4.98. The molecule has 0 saturated carbocycles. The summed E-state index contributed by atoms with van der Waals surface area (Å²) in [6, 6.07) is 9.71. The maximum Gasteiger partial charge on any atom is 0.454 e. The van der Waals surface area contributed by atoms with Crippen molar-refractivity contribution in [2.45, 2.75) is 39.0 Å². The van der Waals surface area contributed by atoms with Crippen molar-refractivity contribution >= 4 is 17.2 Å². The van der Waals surface area contributed by atoms with Crippen molar-refractivity contribution in [3.05, 3.63) is 47.5 Å². The minimum Gasteiger partial charge on any atom is -0.497 e. The molecule has 2 aromatic rings. The summed E-state index contributed by atoms with van der Waals surface area (Å²) in [7, 11) is 3.05. The number of ether oxygens (including phenoxy) is 2. The second-order valence-corrected chi connectivity index (χ2v) is 9.28. The number of methoxy groups -OCH3 is 2. The van der Waals surface area contributed by atoms with Crippen LogP contribution in [0, 0.1) is 0 Å². The van der Waals surface area contributed by atoms with Crippen LogP contribution < -0.4 is 19.7 Å². The quantitative estimate of drug-likeness (QED) is 0.566. The number of nitrogens with one attached hydrogen (secondary N) is 1. The molecule has 0 radical (unpaired) electrons. The number of carbonyl (C=O) groups excluding carboxylic acids is 1. The molecule has 0 amide bonds. The second kappa shape index (κ2) is 10.1. The Kier molecular flexibility index (Phi) is 7.65. The van der Waals surface area contributed by atoms with E-state index < -0.39 is 17.5 Å². The average Bonchev–Trinajstić information content (AvgIpc) is 2.80. The fourth-order valence-electron chi connectivity index (χ4n) is 4.03. The van der Waals surface area contributed by atoms with Crippen LogP contribution in [-0.4, -0.2) is 62.8 Å². The number of benzene rings is 2. The Hall–Kier alpha value is -2.94. The van der Waals surface area contributed by atoms with Gasteiger partial charge in [0, 0.05) is 55.7 Å². The topological polar surface area (TPSA) is 54.0 Å². The van der Waals surface area contributed by atoms with Crippen LogP contribution in [0.5, 0.6) is 11.5 Å². The van der Waals surface area contributed by atoms with Gasteiger partial charge in [0.1, 0.15) is 11.5 Å². The Morgan fingerprint density at radius 3 is 2.03 bits per heavy atom. The lowest BCUT2D eigenvalue weighted by Crippen LogP contribution is -2.53. The summed E-state index contributed by atoms with van der Waals surface area (Å²) in [5.74, 6) is -0.747. The Morgan fingerprint density at radius 2 is 1.53 bits per heavy atom. The van der Waals surface area contributed by atoms with E-state index in [1.54, 1.807) is 30.3 Å². The number of nitrogens with zero attached hydrogens (tertiary/aromatic N) is 2. The van der Waals surface area contributed by atoms with Crippen LogP contribution in [0.2, 0.25) is 0 Å². The van der Waals surface area contributed by atoms with Gasteiger partial charge in [0.05, 0.1) is 19.8 Å². The standard InChI is InChI=1S/C25H32F3N3O3/c1-24(2,3)31-10-8-30(9-11-31)18-6-7-21(23(32)25(26,27)28)22(14-18)29-16-17-12-19(33-4)15-20(13-17)34-5/h6-7,12-15,29H,8-11,16H2,1-5H3. The molecule has 1 aliphatic heterocycles. The highest BCUT2D eigenvalue weighted by molar-refractivity contribution is 6.05. The van der Waals surface area contributed by atoms with Gasteiger partial charge in [-0.2, -0.15) is 13.2 Å². The van der Waals surface area contributed by atoms with Crippen molar-refractivity contribution in [1.82, 2.24) is 4.90 Å². The van der Waals surface area contributed by atoms with Crippen LogP contribution in [0.25, 0.3) is 0 Å². The molecule has 1 saturated heterocycles. The van der Waals surface area contributed by atoms with E-state index in [0.29, 0.717) is 11.5 Å². The van der Waals surface area contributed by atoms with Gasteiger partial charge in [0.2, 0.25) is 0 Å². The van der Waals surface area contributed by atoms with E-state index in [-0.39, 0.29) is 17.8 Å². The molecule has 0 bridgehead atoms. The first-order valence-corrected chi connectivity index (χ1v) is 11.1. The van der Waals surface area contributed by atoms with Crippen LogP contribution in [-0.2, 0) is 6.54 Å². The lowest BCUT2D eigenvalue weighted by Gasteiger charge is -2.43. The van der Waals surface area contributed by atoms with Gasteiger partial charge in [-0.1, -0.05) is 0 Å². The first kappa shape index (κ1) is 25.7. The van der Waals surface area contributed by atoms with Gasteiger partial charge >= 0.3 is 6.18 Å². The van der Waals surface area contributed by atoms with Crippen LogP contribution in [0.3, 0.4) is 0 Å². The second-order valence-electron chi connectivity index (χ2n) is 9.28. The Balaban J connectivity index is 1.87. The number of Topliss-reactive ketones (excluding diaryl/α,β-unsaturated/α-hetero) is 1. The zero-order valence-electron chi connectivity index (χ0n) is 20.3. The fraction of sp³-hybridized carbons (Fsp3) is 0.480. The summed E-state index contributed by atoms with van der Waals surface area (Å²) >= 11 is 0. The summed E-state index contributed by atoms with van der Waals surface area (Å²) in [6.45, 7) is 9.86. The summed E-state index contributed by atoms with van der Waals surface area (Å²) in [6.07, 6.45) is -4.96. The van der Waals surface area contributed by atoms with Crippen LogP contribution >= 0.6 is 0 Å². The third-order valence-corrected chi connectivity index (χ3v) is 5.99. The van der Waals surface area contributed by atoms with Crippen molar-refractivity contribution in [1.29, 1.82) is 0 Å². The van der Waals surface area contributed by atoms with E-state index in [2.05, 4.69) is 35.9 Å². The molecule has 186 valence electrons. The van der Waals surface area contributed by atoms with E-state index in [1.807, 2.05) is 0 Å². The molecular formula is C25H32F3N3O3. The maximum absolute atomic E-state index is 13.3. The molecule has 0 aliphatic carbocycles. The van der Waals surface area contributed by atoms with Crippen molar-refractivity contribution in [2.75, 3.05) is 50.6 Å². The van der Waals surface area contributed by atoms with Gasteiger partial charge in [-0.15, -0.1) is 0 Å². The summed E-state index contributed by atoms with van der Waals surface area (Å²) in [5, 5.41) is 3.03. The zero-order valence-corrected chi connectivity index (χ0v) is 20.3. The highest BCUT2D eigenvalue weighted by atomic mass is 19.4. The third kappa shape index (κ3) is 6.14. The SMILES string of the molecule is COc1cc(CNc2cc(N3CCN(C(C)(C)C)CC3)ccc2C(=O)C(F)(F)F)cc(OC)c1. The monoisotopic (exact) mass is 479 g/mol. The van der Waals surface area contributed by atoms with Crippen molar-refractivity contribution in [2.24, 2.45) is 0 Å². The molecule has 1 aliphatic rings. The molecule has 1 N–H and O–H groups in total. The summed E-state index contributed by atoms with van der Waals surface area (Å²) in [5.41, 5.74) is 1.31. The zero-order chi connectivity index (χ0) is 25.1. The number of carbonyl (C=O) groups is 1. The minimum absolute atomic E-state index is 0.0551. The van der Waals surface area contributed by atoms with E-state index in [4.69, 9.17) is 9.47 Å². The van der Waals surface area contributed by atoms with Crippen LogP contribution in [0.15, 0.2) is 36.4 Å². The number of hydrogen-bond acceptors (Lipinski definition) is 6. The molecule has 1 fully saturated rings. The summed E-state index contributed by atoms with van der Waals surface area (Å²) in [4.78, 5) is 16.6. The molecule has 2 aromatic carbocycles. The Morgan fingerprint density at radius 1 is 0.941 bits per heavy atom. The van der Waals surface area contributed by atoms with Gasteiger partial charge in [0.25, 0.3) is 5.78 Å². The minimum atomic E-state index is -4.96. The number of anilines is 2. The highest BCUT2D eigenvalue weighted by Crippen LogP contribution is 2.32. The van der Waals surface area contributed by atoms with Crippen LogP contribution in [0.4, 0.5) is 24.5 Å². The smallest absolute Gasteiger partial charge is 0.454 e. The van der Waals surface area contributed by atoms with E-state index >= 15 is 0 Å². The van der Waals surface area contributed by atoms with Gasteiger partial charge in [-0.05, 0) is 56.7 Å². The molecular weight excluding hydrogens is 447 g/mol. The lowest BCUT2D eigenvalue weighted by atomic mass is 10.0. The molecule has 9 heteroatoms. The molecule has 0 aromatic heterocycles. The Bertz CT molecular complexity index is 988. The largest absolute Gasteiger partial charge is 0.497 e. The molecule has 3 rings (SSSR count). The van der Waals surface area contributed by atoms with Crippen molar-refractivity contribution in [3.8, 4) is 11.5 Å². The first-order chi connectivity index (χ1) is 15.9. The molecule has 6 nitrogen and oxygen atoms in total. The van der Waals surface area contributed by atoms with Crippen molar-refractivity contribution < 1.29 is 27.4 Å². The molecule has 1 heterocycles. The molecule has 0 spiro atoms. The van der Waals surface area contributed by atoms with Crippen molar-refractivity contribution in [3.63, 3.8) is 0 Å². The summed E-state index contributed by atoms with van der Waals surface area (Å²) < 4.78 is 50.3. The number of ketones is 1. The van der Waals surface area contributed by atoms with Gasteiger partial charge in [-0.25, -0.2) is 0 Å². The fourth-order valence-corrected chi connectivity index (χ4v) is 4.03. The van der Waals surface area contributed by atoms with Gasteiger partial charge in [0.15, 0.2) is 0 Å².